The third-order valence-electron chi connectivity index (χ3n) is 3.61. The molecule has 6 heteroatoms. The van der Waals surface area contributed by atoms with Crippen molar-refractivity contribution in [3.05, 3.63) is 64.7 Å². The maximum Gasteiger partial charge on any atom is 0.263 e. The van der Waals surface area contributed by atoms with Crippen LogP contribution in [0.25, 0.3) is 33.7 Å². The van der Waals surface area contributed by atoms with Crippen LogP contribution in [0, 0.1) is 6.92 Å². The molecule has 0 radical (unpaired) electrons. The molecule has 0 spiro atoms. The molecule has 0 bridgehead atoms. The summed E-state index contributed by atoms with van der Waals surface area (Å²) in [5.41, 5.74) is 2.74. The zero-order valence-electron chi connectivity index (χ0n) is 12.3. The maximum atomic E-state index is 12.7. The van der Waals surface area contributed by atoms with Crippen LogP contribution in [0.3, 0.4) is 0 Å². The molecule has 0 saturated carbocycles. The first-order valence-corrected chi connectivity index (χ1v) is 7.09. The number of H-pyrrole nitrogens is 1. The summed E-state index contributed by atoms with van der Waals surface area (Å²) >= 11 is 0. The second-order valence-corrected chi connectivity index (χ2v) is 5.25. The van der Waals surface area contributed by atoms with E-state index in [-0.39, 0.29) is 11.3 Å². The predicted molar refractivity (Wildman–Crippen MR) is 85.8 cm³/mol. The average Bonchev–Trinajstić information content (AvgIpc) is 3.06. The Kier molecular flexibility index (Phi) is 3.01. The van der Waals surface area contributed by atoms with Gasteiger partial charge in [-0.15, -0.1) is 0 Å². The highest BCUT2D eigenvalue weighted by Gasteiger charge is 2.15. The number of fused-ring (bicyclic) bond motifs is 1. The van der Waals surface area contributed by atoms with Crippen molar-refractivity contribution in [2.24, 2.45) is 0 Å². The quantitative estimate of drug-likeness (QED) is 0.615. The number of rotatable bonds is 2. The van der Waals surface area contributed by atoms with E-state index in [1.165, 1.54) is 0 Å². The number of benzene rings is 1. The van der Waals surface area contributed by atoms with Gasteiger partial charge in [0.15, 0.2) is 0 Å². The highest BCUT2D eigenvalue weighted by molar-refractivity contribution is 5.82. The Labute approximate surface area is 130 Å². The molecule has 112 valence electrons. The Bertz CT molecular complexity index is 1050. The highest BCUT2D eigenvalue weighted by Crippen LogP contribution is 2.20. The number of nitrogens with zero attached hydrogens (tertiary/aromatic N) is 3. The van der Waals surface area contributed by atoms with Crippen molar-refractivity contribution in [3.8, 4) is 22.8 Å². The smallest absolute Gasteiger partial charge is 0.263 e. The molecule has 4 aromatic rings. The highest BCUT2D eigenvalue weighted by atomic mass is 16.5. The van der Waals surface area contributed by atoms with Crippen LogP contribution in [0.1, 0.15) is 5.56 Å². The maximum absolute atomic E-state index is 12.7. The van der Waals surface area contributed by atoms with Crippen LogP contribution >= 0.6 is 0 Å². The summed E-state index contributed by atoms with van der Waals surface area (Å²) in [6.07, 6.45) is 4.91. The van der Waals surface area contributed by atoms with Crippen molar-refractivity contribution in [2.75, 3.05) is 0 Å². The molecule has 23 heavy (non-hydrogen) atoms. The lowest BCUT2D eigenvalue weighted by molar-refractivity contribution is 0.432. The van der Waals surface area contributed by atoms with E-state index >= 15 is 0 Å². The summed E-state index contributed by atoms with van der Waals surface area (Å²) in [5, 5.41) is 4.52. The molecule has 1 aromatic carbocycles. The van der Waals surface area contributed by atoms with E-state index in [0.717, 1.165) is 16.6 Å². The summed E-state index contributed by atoms with van der Waals surface area (Å²) in [7, 11) is 0. The second kappa shape index (κ2) is 5.17. The minimum atomic E-state index is -0.135. The molecule has 0 fully saturated rings. The van der Waals surface area contributed by atoms with Crippen LogP contribution in [0.4, 0.5) is 0 Å². The minimum absolute atomic E-state index is 0.135. The second-order valence-electron chi connectivity index (χ2n) is 5.25. The van der Waals surface area contributed by atoms with E-state index in [9.17, 15) is 4.79 Å². The number of aryl methyl sites for hydroxylation is 1. The van der Waals surface area contributed by atoms with Gasteiger partial charge in [-0.2, -0.15) is 4.98 Å². The van der Waals surface area contributed by atoms with Crippen LogP contribution in [-0.4, -0.2) is 20.1 Å². The number of pyridine rings is 2. The van der Waals surface area contributed by atoms with Gasteiger partial charge in [-0.3, -0.25) is 9.78 Å². The molecule has 0 aliphatic heterocycles. The topological polar surface area (TPSA) is 84.7 Å². The largest absolute Gasteiger partial charge is 0.360 e. The minimum Gasteiger partial charge on any atom is -0.360 e. The molecule has 4 rings (SSSR count). The molecule has 0 unspecified atom stereocenters. The number of aromatic amines is 1. The SMILES string of the molecule is Cc1ccc2[nH]cc(-c3nc(-c4cccnc4)no3)c(=O)c2c1. The van der Waals surface area contributed by atoms with Crippen molar-refractivity contribution in [2.45, 2.75) is 6.92 Å². The van der Waals surface area contributed by atoms with Crippen LogP contribution in [0.2, 0.25) is 0 Å². The fourth-order valence-electron chi connectivity index (χ4n) is 2.44. The van der Waals surface area contributed by atoms with Gasteiger partial charge in [0.05, 0.1) is 0 Å². The Morgan fingerprint density at radius 2 is 2.13 bits per heavy atom. The van der Waals surface area contributed by atoms with E-state index in [1.807, 2.05) is 31.2 Å². The van der Waals surface area contributed by atoms with Gasteiger partial charge in [-0.05, 0) is 31.2 Å². The van der Waals surface area contributed by atoms with Crippen LogP contribution in [0.15, 0.2) is 58.2 Å². The van der Waals surface area contributed by atoms with Crippen molar-refractivity contribution in [1.29, 1.82) is 0 Å². The monoisotopic (exact) mass is 304 g/mol. The summed E-state index contributed by atoms with van der Waals surface area (Å²) < 4.78 is 5.26. The molecule has 0 atom stereocenters. The fraction of sp³-hybridized carbons (Fsp3) is 0.0588. The number of hydrogen-bond donors (Lipinski definition) is 1. The van der Waals surface area contributed by atoms with Crippen molar-refractivity contribution in [1.82, 2.24) is 20.1 Å². The van der Waals surface area contributed by atoms with Gasteiger partial charge in [-0.1, -0.05) is 16.8 Å². The Hall–Kier alpha value is -3.28. The summed E-state index contributed by atoms with van der Waals surface area (Å²) in [6.45, 7) is 1.94. The number of nitrogens with one attached hydrogen (secondary N) is 1. The van der Waals surface area contributed by atoms with Crippen LogP contribution < -0.4 is 5.43 Å². The molecule has 3 aromatic heterocycles. The van der Waals surface area contributed by atoms with E-state index in [2.05, 4.69) is 20.1 Å². The molecule has 0 amide bonds. The average molecular weight is 304 g/mol. The standard InChI is InChI=1S/C17H12N4O2/c1-10-4-5-14-12(7-10)15(22)13(9-19-14)17-20-16(21-23-17)11-3-2-6-18-8-11/h2-9H,1H3,(H,19,22). The molecule has 6 nitrogen and oxygen atoms in total. The molecule has 1 N–H and O–H groups in total. The molecular formula is C17H12N4O2. The molecule has 0 aliphatic carbocycles. The molecule has 0 saturated heterocycles. The van der Waals surface area contributed by atoms with Gasteiger partial charge in [0, 0.05) is 35.1 Å². The van der Waals surface area contributed by atoms with E-state index in [4.69, 9.17) is 4.52 Å². The molecule has 3 heterocycles. The van der Waals surface area contributed by atoms with Crippen molar-refractivity contribution < 1.29 is 4.52 Å². The van der Waals surface area contributed by atoms with E-state index in [0.29, 0.717) is 16.8 Å². The van der Waals surface area contributed by atoms with Crippen molar-refractivity contribution >= 4 is 10.9 Å². The van der Waals surface area contributed by atoms with Crippen molar-refractivity contribution in [3.63, 3.8) is 0 Å². The summed E-state index contributed by atoms with van der Waals surface area (Å²) in [6, 6.07) is 9.29. The van der Waals surface area contributed by atoms with Gasteiger partial charge < -0.3 is 9.51 Å². The van der Waals surface area contributed by atoms with Crippen LogP contribution in [-0.2, 0) is 0 Å². The lowest BCUT2D eigenvalue weighted by Crippen LogP contribution is -2.06. The molecule has 0 aliphatic rings. The first-order valence-electron chi connectivity index (χ1n) is 7.09. The Balaban J connectivity index is 1.86. The third kappa shape index (κ3) is 2.30. The summed E-state index contributed by atoms with van der Waals surface area (Å²) in [4.78, 5) is 24.1. The van der Waals surface area contributed by atoms with E-state index < -0.39 is 0 Å². The van der Waals surface area contributed by atoms with Gasteiger partial charge in [0.25, 0.3) is 5.89 Å². The van der Waals surface area contributed by atoms with Gasteiger partial charge in [0.2, 0.25) is 11.3 Å². The summed E-state index contributed by atoms with van der Waals surface area (Å²) in [5.74, 6) is 0.588. The predicted octanol–water partition coefficient (Wildman–Crippen LogP) is 2.95. The molecular weight excluding hydrogens is 292 g/mol. The number of aromatic nitrogens is 4. The van der Waals surface area contributed by atoms with E-state index in [1.54, 1.807) is 24.7 Å². The van der Waals surface area contributed by atoms with Gasteiger partial charge in [-0.25, -0.2) is 0 Å². The van der Waals surface area contributed by atoms with Crippen LogP contribution in [0.5, 0.6) is 0 Å². The zero-order chi connectivity index (χ0) is 15.8. The zero-order valence-corrected chi connectivity index (χ0v) is 12.3. The fourth-order valence-corrected chi connectivity index (χ4v) is 2.44. The normalized spacial score (nSPS) is 11.0. The first kappa shape index (κ1) is 13.4. The third-order valence-corrected chi connectivity index (χ3v) is 3.61. The first-order chi connectivity index (χ1) is 11.2. The van der Waals surface area contributed by atoms with Gasteiger partial charge >= 0.3 is 0 Å². The Morgan fingerprint density at radius 1 is 1.22 bits per heavy atom. The Morgan fingerprint density at radius 3 is 2.96 bits per heavy atom. The lowest BCUT2D eigenvalue weighted by Gasteiger charge is -2.01. The van der Waals surface area contributed by atoms with Gasteiger partial charge in [0.1, 0.15) is 5.56 Å². The number of hydrogen-bond acceptors (Lipinski definition) is 5. The lowest BCUT2D eigenvalue weighted by atomic mass is 10.1.